The van der Waals surface area contributed by atoms with Gasteiger partial charge in [-0.2, -0.15) is 0 Å². The van der Waals surface area contributed by atoms with Gasteiger partial charge in [-0.05, 0) is 25.3 Å². The van der Waals surface area contributed by atoms with Gasteiger partial charge in [0, 0.05) is 4.91 Å². The average Bonchev–Trinajstić information content (AvgIpc) is 1.84. The van der Waals surface area contributed by atoms with E-state index in [9.17, 15) is 0 Å². The fourth-order valence-corrected chi connectivity index (χ4v) is 0.853. The zero-order valence-electron chi connectivity index (χ0n) is 7.23. The standard InChI is InChI=1S/C9H16S/c1-6(2)8(5)9(10)7(3)4/h6,10H,5H2,1-4H3. The van der Waals surface area contributed by atoms with Gasteiger partial charge in [-0.15, -0.1) is 12.6 Å². The van der Waals surface area contributed by atoms with E-state index in [-0.39, 0.29) is 0 Å². The van der Waals surface area contributed by atoms with Crippen molar-refractivity contribution >= 4 is 12.6 Å². The second-order valence-corrected chi connectivity index (χ2v) is 3.48. The summed E-state index contributed by atoms with van der Waals surface area (Å²) >= 11 is 4.34. The van der Waals surface area contributed by atoms with Crippen LogP contribution in [0.4, 0.5) is 0 Å². The zero-order chi connectivity index (χ0) is 8.31. The van der Waals surface area contributed by atoms with Crippen molar-refractivity contribution in [3.8, 4) is 0 Å². The Morgan fingerprint density at radius 2 is 1.70 bits per heavy atom. The third-order valence-corrected chi connectivity index (χ3v) is 2.21. The molecule has 0 nitrogen and oxygen atoms in total. The van der Waals surface area contributed by atoms with Crippen LogP contribution >= 0.6 is 12.6 Å². The van der Waals surface area contributed by atoms with Crippen LogP contribution in [0.1, 0.15) is 27.7 Å². The molecule has 0 saturated heterocycles. The van der Waals surface area contributed by atoms with Crippen molar-refractivity contribution in [1.82, 2.24) is 0 Å². The topological polar surface area (TPSA) is 0 Å². The van der Waals surface area contributed by atoms with Gasteiger partial charge in [-0.25, -0.2) is 0 Å². The predicted octanol–water partition coefficient (Wildman–Crippen LogP) is 3.42. The van der Waals surface area contributed by atoms with Gasteiger partial charge in [0.15, 0.2) is 0 Å². The van der Waals surface area contributed by atoms with Gasteiger partial charge in [-0.3, -0.25) is 0 Å². The Labute approximate surface area is 69.4 Å². The van der Waals surface area contributed by atoms with E-state index in [0.717, 1.165) is 10.5 Å². The van der Waals surface area contributed by atoms with Crippen LogP contribution in [0, 0.1) is 5.92 Å². The molecular formula is C9H16S. The molecule has 0 aromatic heterocycles. The molecule has 0 spiro atoms. The Morgan fingerprint density at radius 3 is 1.80 bits per heavy atom. The highest BCUT2D eigenvalue weighted by Gasteiger charge is 2.03. The van der Waals surface area contributed by atoms with Gasteiger partial charge in [0.25, 0.3) is 0 Å². The predicted molar refractivity (Wildman–Crippen MR) is 51.3 cm³/mol. The molecule has 0 atom stereocenters. The van der Waals surface area contributed by atoms with Crippen molar-refractivity contribution in [1.29, 1.82) is 0 Å². The van der Waals surface area contributed by atoms with Gasteiger partial charge in [-0.1, -0.05) is 26.0 Å². The monoisotopic (exact) mass is 156 g/mol. The summed E-state index contributed by atoms with van der Waals surface area (Å²) in [6.07, 6.45) is 0. The van der Waals surface area contributed by atoms with Crippen LogP contribution in [-0.4, -0.2) is 0 Å². The van der Waals surface area contributed by atoms with E-state index >= 15 is 0 Å². The smallest absolute Gasteiger partial charge is 0.00551 e. The molecule has 0 aliphatic heterocycles. The lowest BCUT2D eigenvalue weighted by Gasteiger charge is -2.10. The SMILES string of the molecule is C=C(C(S)=C(C)C)C(C)C. The van der Waals surface area contributed by atoms with Gasteiger partial charge in [0.1, 0.15) is 0 Å². The maximum atomic E-state index is 4.34. The fourth-order valence-electron chi connectivity index (χ4n) is 0.595. The lowest BCUT2D eigenvalue weighted by molar-refractivity contribution is 0.790. The Hall–Kier alpha value is -0.170. The summed E-state index contributed by atoms with van der Waals surface area (Å²) in [4.78, 5) is 1.05. The van der Waals surface area contributed by atoms with Crippen LogP contribution in [0.15, 0.2) is 22.6 Å². The molecule has 0 aromatic rings. The second kappa shape index (κ2) is 3.87. The molecule has 0 N–H and O–H groups in total. The Balaban J connectivity index is 4.38. The molecule has 0 rings (SSSR count). The molecule has 0 amide bonds. The maximum Gasteiger partial charge on any atom is 0.00551 e. The van der Waals surface area contributed by atoms with Gasteiger partial charge in [0.05, 0.1) is 0 Å². The van der Waals surface area contributed by atoms with Crippen LogP contribution in [0.2, 0.25) is 0 Å². The van der Waals surface area contributed by atoms with Crippen molar-refractivity contribution in [3.05, 3.63) is 22.6 Å². The second-order valence-electron chi connectivity index (χ2n) is 3.03. The molecule has 0 heterocycles. The van der Waals surface area contributed by atoms with Crippen LogP contribution in [0.25, 0.3) is 0 Å². The van der Waals surface area contributed by atoms with E-state index in [4.69, 9.17) is 0 Å². The fraction of sp³-hybridized carbons (Fsp3) is 0.556. The van der Waals surface area contributed by atoms with Crippen molar-refractivity contribution in [2.24, 2.45) is 5.92 Å². The van der Waals surface area contributed by atoms with E-state index in [1.807, 2.05) is 0 Å². The highest BCUT2D eigenvalue weighted by Crippen LogP contribution is 2.22. The number of hydrogen-bond acceptors (Lipinski definition) is 1. The molecule has 0 unspecified atom stereocenters. The first kappa shape index (κ1) is 9.83. The van der Waals surface area contributed by atoms with Crippen LogP contribution in [0.5, 0.6) is 0 Å². The Kier molecular flexibility index (Phi) is 3.80. The number of thiol groups is 1. The van der Waals surface area contributed by atoms with Crippen molar-refractivity contribution in [2.75, 3.05) is 0 Å². The molecular weight excluding hydrogens is 140 g/mol. The summed E-state index contributed by atoms with van der Waals surface area (Å²) in [5.41, 5.74) is 2.37. The van der Waals surface area contributed by atoms with E-state index < -0.39 is 0 Å². The lowest BCUT2D eigenvalue weighted by Crippen LogP contribution is -1.93. The third kappa shape index (κ3) is 2.61. The largest absolute Gasteiger partial charge is 0.143 e. The zero-order valence-corrected chi connectivity index (χ0v) is 8.13. The van der Waals surface area contributed by atoms with Gasteiger partial charge in [0.2, 0.25) is 0 Å². The highest BCUT2D eigenvalue weighted by molar-refractivity contribution is 7.84. The first-order chi connectivity index (χ1) is 4.46. The average molecular weight is 156 g/mol. The number of hydrogen-bond donors (Lipinski definition) is 1. The quantitative estimate of drug-likeness (QED) is 0.459. The summed E-state index contributed by atoms with van der Waals surface area (Å²) in [5, 5.41) is 0. The van der Waals surface area contributed by atoms with E-state index in [1.54, 1.807) is 0 Å². The molecule has 1 heteroatoms. The van der Waals surface area contributed by atoms with E-state index in [0.29, 0.717) is 5.92 Å². The first-order valence-corrected chi connectivity index (χ1v) is 3.97. The molecule has 0 saturated carbocycles. The molecule has 0 aliphatic rings. The Morgan fingerprint density at radius 1 is 1.30 bits per heavy atom. The number of rotatable bonds is 2. The minimum Gasteiger partial charge on any atom is -0.143 e. The molecule has 0 fully saturated rings. The van der Waals surface area contributed by atoms with Gasteiger partial charge >= 0.3 is 0 Å². The van der Waals surface area contributed by atoms with Crippen molar-refractivity contribution in [3.63, 3.8) is 0 Å². The van der Waals surface area contributed by atoms with Crippen molar-refractivity contribution in [2.45, 2.75) is 27.7 Å². The van der Waals surface area contributed by atoms with Crippen molar-refractivity contribution < 1.29 is 0 Å². The molecule has 0 radical (unpaired) electrons. The van der Waals surface area contributed by atoms with Gasteiger partial charge < -0.3 is 0 Å². The van der Waals surface area contributed by atoms with Crippen LogP contribution < -0.4 is 0 Å². The normalized spacial score (nSPS) is 9.80. The maximum absolute atomic E-state index is 4.34. The molecule has 0 bridgehead atoms. The highest BCUT2D eigenvalue weighted by atomic mass is 32.1. The third-order valence-electron chi connectivity index (χ3n) is 1.47. The molecule has 0 aliphatic carbocycles. The summed E-state index contributed by atoms with van der Waals surface area (Å²) in [6, 6.07) is 0. The Bertz CT molecular complexity index is 160. The molecule has 10 heavy (non-hydrogen) atoms. The molecule has 0 aromatic carbocycles. The number of allylic oxidation sites excluding steroid dienone is 2. The lowest BCUT2D eigenvalue weighted by atomic mass is 10.0. The summed E-state index contributed by atoms with van der Waals surface area (Å²) in [5.74, 6) is 0.502. The van der Waals surface area contributed by atoms with Crippen LogP contribution in [-0.2, 0) is 0 Å². The van der Waals surface area contributed by atoms with E-state index in [2.05, 4.69) is 46.9 Å². The van der Waals surface area contributed by atoms with Crippen LogP contribution in [0.3, 0.4) is 0 Å². The molecule has 58 valence electrons. The summed E-state index contributed by atoms with van der Waals surface area (Å²) < 4.78 is 0. The van der Waals surface area contributed by atoms with E-state index in [1.165, 1.54) is 5.57 Å². The minimum atomic E-state index is 0.502. The summed E-state index contributed by atoms with van der Waals surface area (Å²) in [7, 11) is 0. The summed E-state index contributed by atoms with van der Waals surface area (Å²) in [6.45, 7) is 12.3. The first-order valence-electron chi connectivity index (χ1n) is 3.52. The minimum absolute atomic E-state index is 0.502.